The number of hydrogen-bond donors (Lipinski definition) is 2. The fraction of sp³-hybridized carbons (Fsp3) is 0.286. The summed E-state index contributed by atoms with van der Waals surface area (Å²) in [5.74, 6) is 2.44. The van der Waals surface area contributed by atoms with Crippen LogP contribution in [0.1, 0.15) is 11.1 Å². The lowest BCUT2D eigenvalue weighted by atomic mass is 10.2. The Morgan fingerprint density at radius 1 is 1.03 bits per heavy atom. The molecule has 2 N–H and O–H groups in total. The molecule has 8 heteroatoms. The lowest BCUT2D eigenvalue weighted by Crippen LogP contribution is -2.37. The number of nitrogens with one attached hydrogen (secondary N) is 2. The Labute approximate surface area is 169 Å². The van der Waals surface area contributed by atoms with Gasteiger partial charge in [0, 0.05) is 31.9 Å². The van der Waals surface area contributed by atoms with Gasteiger partial charge >= 0.3 is 0 Å². The van der Waals surface area contributed by atoms with E-state index in [-0.39, 0.29) is 5.82 Å². The molecule has 0 unspecified atom stereocenters. The van der Waals surface area contributed by atoms with E-state index in [0.29, 0.717) is 31.5 Å². The topological polar surface area (TPSA) is 75.2 Å². The Bertz CT molecular complexity index is 960. The molecule has 1 fully saturated rings. The van der Waals surface area contributed by atoms with Crippen LogP contribution in [0.5, 0.6) is 0 Å². The van der Waals surface area contributed by atoms with Crippen molar-refractivity contribution >= 4 is 23.4 Å². The molecule has 3 aromatic rings. The van der Waals surface area contributed by atoms with Gasteiger partial charge in [0.2, 0.25) is 5.95 Å². The van der Waals surface area contributed by atoms with Gasteiger partial charge in [-0.05, 0) is 42.3 Å². The number of morpholine rings is 1. The molecule has 1 aromatic carbocycles. The highest BCUT2D eigenvalue weighted by Crippen LogP contribution is 2.22. The summed E-state index contributed by atoms with van der Waals surface area (Å²) in [4.78, 5) is 15.8. The molecule has 1 saturated heterocycles. The van der Waals surface area contributed by atoms with Crippen molar-refractivity contribution in [2.75, 3.05) is 41.8 Å². The number of anilines is 4. The van der Waals surface area contributed by atoms with Crippen LogP contribution in [0, 0.1) is 12.7 Å². The molecule has 0 atom stereocenters. The van der Waals surface area contributed by atoms with Gasteiger partial charge in [0.25, 0.3) is 0 Å². The highest BCUT2D eigenvalue weighted by atomic mass is 19.1. The highest BCUT2D eigenvalue weighted by Gasteiger charge is 2.15. The van der Waals surface area contributed by atoms with Crippen molar-refractivity contribution in [3.63, 3.8) is 0 Å². The summed E-state index contributed by atoms with van der Waals surface area (Å²) < 4.78 is 18.6. The predicted molar refractivity (Wildman–Crippen MR) is 111 cm³/mol. The third kappa shape index (κ3) is 5.17. The van der Waals surface area contributed by atoms with E-state index in [1.807, 2.05) is 25.1 Å². The molecule has 29 heavy (non-hydrogen) atoms. The van der Waals surface area contributed by atoms with E-state index in [9.17, 15) is 4.39 Å². The first-order valence-electron chi connectivity index (χ1n) is 9.55. The molecule has 3 heterocycles. The maximum atomic E-state index is 13.1. The van der Waals surface area contributed by atoms with Gasteiger partial charge in [0.05, 0.1) is 13.2 Å². The quantitative estimate of drug-likeness (QED) is 0.663. The summed E-state index contributed by atoms with van der Waals surface area (Å²) in [7, 11) is 0. The van der Waals surface area contributed by atoms with Crippen molar-refractivity contribution in [2.24, 2.45) is 0 Å². The third-order valence-corrected chi connectivity index (χ3v) is 4.58. The number of nitrogens with zero attached hydrogens (tertiary/aromatic N) is 4. The molecular weight excluding hydrogens is 371 g/mol. The molecule has 0 aliphatic carbocycles. The summed E-state index contributed by atoms with van der Waals surface area (Å²) in [5, 5.41) is 6.50. The minimum atomic E-state index is -0.253. The van der Waals surface area contributed by atoms with Crippen LogP contribution in [0.3, 0.4) is 0 Å². The highest BCUT2D eigenvalue weighted by molar-refractivity contribution is 5.60. The number of ether oxygens (including phenoxy) is 1. The molecule has 4 rings (SSSR count). The first kappa shape index (κ1) is 19.1. The van der Waals surface area contributed by atoms with Gasteiger partial charge in [0.15, 0.2) is 0 Å². The van der Waals surface area contributed by atoms with Crippen LogP contribution in [-0.2, 0) is 11.3 Å². The van der Waals surface area contributed by atoms with E-state index in [1.54, 1.807) is 18.3 Å². The van der Waals surface area contributed by atoms with E-state index < -0.39 is 0 Å². The maximum Gasteiger partial charge on any atom is 0.226 e. The van der Waals surface area contributed by atoms with Crippen molar-refractivity contribution in [1.29, 1.82) is 0 Å². The first-order valence-corrected chi connectivity index (χ1v) is 9.55. The van der Waals surface area contributed by atoms with Crippen LogP contribution in [0.15, 0.2) is 48.7 Å². The monoisotopic (exact) mass is 394 g/mol. The van der Waals surface area contributed by atoms with Crippen LogP contribution >= 0.6 is 0 Å². The number of rotatable bonds is 6. The number of aromatic nitrogens is 3. The molecule has 0 amide bonds. The first-order chi connectivity index (χ1) is 14.2. The summed E-state index contributed by atoms with van der Waals surface area (Å²) in [6.07, 6.45) is 1.76. The van der Waals surface area contributed by atoms with Crippen molar-refractivity contribution < 1.29 is 9.13 Å². The number of pyridine rings is 1. The molecule has 2 aromatic heterocycles. The summed E-state index contributed by atoms with van der Waals surface area (Å²) in [6, 6.07) is 12.2. The maximum absolute atomic E-state index is 13.1. The van der Waals surface area contributed by atoms with Crippen molar-refractivity contribution in [2.45, 2.75) is 13.5 Å². The van der Waals surface area contributed by atoms with Crippen molar-refractivity contribution in [3.05, 3.63) is 65.6 Å². The summed E-state index contributed by atoms with van der Waals surface area (Å²) in [6.45, 7) is 5.40. The zero-order valence-electron chi connectivity index (χ0n) is 16.2. The van der Waals surface area contributed by atoms with Crippen LogP contribution in [0.25, 0.3) is 0 Å². The van der Waals surface area contributed by atoms with Crippen LogP contribution in [-0.4, -0.2) is 41.3 Å². The minimum absolute atomic E-state index is 0.253. The number of aryl methyl sites for hydroxylation is 1. The SMILES string of the molecule is Cc1ccnc(Nc2cc(N3CCOCC3)nc(NCc3ccc(F)cc3)n2)c1. The van der Waals surface area contributed by atoms with Gasteiger partial charge < -0.3 is 20.3 Å². The standard InChI is InChI=1S/C21H23FN6O/c1-15-6-7-23-18(12-15)25-19-13-20(28-8-10-29-11-9-28)27-21(26-19)24-14-16-2-4-17(22)5-3-16/h2-7,12-13H,8-11,14H2,1H3,(H2,23,24,25,26,27). The molecule has 0 bridgehead atoms. The lowest BCUT2D eigenvalue weighted by Gasteiger charge is -2.28. The molecule has 150 valence electrons. The Morgan fingerprint density at radius 3 is 2.59 bits per heavy atom. The van der Waals surface area contributed by atoms with Gasteiger partial charge in [-0.3, -0.25) is 0 Å². The van der Waals surface area contributed by atoms with Gasteiger partial charge in [-0.1, -0.05) is 12.1 Å². The second-order valence-electron chi connectivity index (χ2n) is 6.86. The zero-order valence-corrected chi connectivity index (χ0v) is 16.2. The molecule has 0 saturated carbocycles. The van der Waals surface area contributed by atoms with Gasteiger partial charge in [-0.15, -0.1) is 0 Å². The second-order valence-corrected chi connectivity index (χ2v) is 6.86. The van der Waals surface area contributed by atoms with Crippen molar-refractivity contribution in [1.82, 2.24) is 15.0 Å². The fourth-order valence-corrected chi connectivity index (χ4v) is 3.05. The number of hydrogen-bond acceptors (Lipinski definition) is 7. The van der Waals surface area contributed by atoms with E-state index in [0.717, 1.165) is 35.9 Å². The molecule has 0 spiro atoms. The minimum Gasteiger partial charge on any atom is -0.378 e. The van der Waals surface area contributed by atoms with Gasteiger partial charge in [-0.2, -0.15) is 9.97 Å². The van der Waals surface area contributed by atoms with Crippen LogP contribution < -0.4 is 15.5 Å². The molecular formula is C21H23FN6O. The molecule has 0 radical (unpaired) electrons. The zero-order chi connectivity index (χ0) is 20.1. The Morgan fingerprint density at radius 2 is 1.83 bits per heavy atom. The van der Waals surface area contributed by atoms with E-state index in [2.05, 4.69) is 30.5 Å². The van der Waals surface area contributed by atoms with Gasteiger partial charge in [0.1, 0.15) is 23.3 Å². The van der Waals surface area contributed by atoms with E-state index >= 15 is 0 Å². The van der Waals surface area contributed by atoms with E-state index in [4.69, 9.17) is 4.74 Å². The number of benzene rings is 1. The third-order valence-electron chi connectivity index (χ3n) is 4.58. The summed E-state index contributed by atoms with van der Waals surface area (Å²) in [5.41, 5.74) is 2.06. The second kappa shape index (κ2) is 8.83. The van der Waals surface area contributed by atoms with Crippen LogP contribution in [0.4, 0.5) is 27.8 Å². The Hall–Kier alpha value is -3.26. The van der Waals surface area contributed by atoms with Crippen LogP contribution in [0.2, 0.25) is 0 Å². The largest absolute Gasteiger partial charge is 0.378 e. The Kier molecular flexibility index (Phi) is 5.81. The van der Waals surface area contributed by atoms with Gasteiger partial charge in [-0.25, -0.2) is 9.37 Å². The average molecular weight is 394 g/mol. The average Bonchev–Trinajstić information content (AvgIpc) is 2.74. The molecule has 7 nitrogen and oxygen atoms in total. The normalized spacial score (nSPS) is 13.9. The molecule has 1 aliphatic rings. The fourth-order valence-electron chi connectivity index (χ4n) is 3.05. The van der Waals surface area contributed by atoms with E-state index in [1.165, 1.54) is 12.1 Å². The summed E-state index contributed by atoms with van der Waals surface area (Å²) >= 11 is 0. The smallest absolute Gasteiger partial charge is 0.226 e. The number of halogens is 1. The Balaban J connectivity index is 1.57. The molecule has 1 aliphatic heterocycles. The lowest BCUT2D eigenvalue weighted by molar-refractivity contribution is 0.122. The predicted octanol–water partition coefficient (Wildman–Crippen LogP) is 3.51. The van der Waals surface area contributed by atoms with Crippen molar-refractivity contribution in [3.8, 4) is 0 Å².